The Bertz CT molecular complexity index is 1240. The number of pyridine rings is 1. The molecule has 0 bridgehead atoms. The molecule has 0 aliphatic heterocycles. The van der Waals surface area contributed by atoms with Crippen LogP contribution in [0.3, 0.4) is 0 Å². The van der Waals surface area contributed by atoms with E-state index in [9.17, 15) is 22.8 Å². The van der Waals surface area contributed by atoms with Crippen LogP contribution in [-0.2, 0) is 22.2 Å². The highest BCUT2D eigenvalue weighted by molar-refractivity contribution is 5.93. The second-order valence-corrected chi connectivity index (χ2v) is 8.82. The zero-order chi connectivity index (χ0) is 25.7. The van der Waals surface area contributed by atoms with Gasteiger partial charge < -0.3 is 15.4 Å². The number of ether oxygens (including phenoxy) is 1. The van der Waals surface area contributed by atoms with Crippen molar-refractivity contribution in [2.75, 3.05) is 10.6 Å². The van der Waals surface area contributed by atoms with Gasteiger partial charge in [0.15, 0.2) is 0 Å². The Morgan fingerprint density at radius 2 is 1.75 bits per heavy atom. The van der Waals surface area contributed by atoms with Crippen LogP contribution in [0.1, 0.15) is 42.4 Å². The van der Waals surface area contributed by atoms with Crippen LogP contribution in [0, 0.1) is 12.8 Å². The lowest BCUT2D eigenvalue weighted by molar-refractivity contribution is -0.138. The van der Waals surface area contributed by atoms with E-state index in [4.69, 9.17) is 4.74 Å². The molecule has 1 aromatic heterocycles. The summed E-state index contributed by atoms with van der Waals surface area (Å²) >= 11 is 0. The van der Waals surface area contributed by atoms with Crippen molar-refractivity contribution in [1.29, 1.82) is 0 Å². The van der Waals surface area contributed by atoms with E-state index in [2.05, 4.69) is 15.6 Å². The summed E-state index contributed by atoms with van der Waals surface area (Å²) in [6, 6.07) is 14.5. The van der Waals surface area contributed by atoms with Gasteiger partial charge in [-0.25, -0.2) is 4.98 Å². The minimum atomic E-state index is -4.47. The fourth-order valence-corrected chi connectivity index (χ4v) is 3.66. The number of carbonyl (C=O) groups is 2. The standard InChI is InChI=1S/C27H26F3N3O3/c1-17-5-10-20(15-23(17)27(28,29)30)32-25(34)4-2-3-18-6-11-21(12-7-18)36-22-13-14-31-24(16-22)33-26(35)19-8-9-19/h5-7,10-16,19H,2-4,8-9H2,1H3,(H,32,34)(H,31,33,35). The molecule has 2 amide bonds. The van der Waals surface area contributed by atoms with E-state index in [0.29, 0.717) is 30.2 Å². The van der Waals surface area contributed by atoms with Gasteiger partial charge in [-0.05, 0) is 74.1 Å². The molecule has 0 unspecified atom stereocenters. The summed E-state index contributed by atoms with van der Waals surface area (Å²) in [5.74, 6) is 1.32. The summed E-state index contributed by atoms with van der Waals surface area (Å²) in [5.41, 5.74) is 0.481. The van der Waals surface area contributed by atoms with E-state index in [1.165, 1.54) is 19.1 Å². The number of nitrogens with one attached hydrogen (secondary N) is 2. The number of nitrogens with zero attached hydrogens (tertiary/aromatic N) is 1. The molecule has 6 nitrogen and oxygen atoms in total. The summed E-state index contributed by atoms with van der Waals surface area (Å²) in [6.07, 6.45) is 0.271. The van der Waals surface area contributed by atoms with Crippen molar-refractivity contribution in [1.82, 2.24) is 4.98 Å². The van der Waals surface area contributed by atoms with Crippen molar-refractivity contribution in [2.24, 2.45) is 5.92 Å². The molecule has 1 heterocycles. The highest BCUT2D eigenvalue weighted by atomic mass is 19.4. The third-order valence-corrected chi connectivity index (χ3v) is 5.79. The van der Waals surface area contributed by atoms with E-state index >= 15 is 0 Å². The van der Waals surface area contributed by atoms with Gasteiger partial charge in [-0.1, -0.05) is 18.2 Å². The van der Waals surface area contributed by atoms with Crippen molar-refractivity contribution < 1.29 is 27.5 Å². The fraction of sp³-hybridized carbons (Fsp3) is 0.296. The van der Waals surface area contributed by atoms with E-state index in [-0.39, 0.29) is 35.4 Å². The molecular weight excluding hydrogens is 471 g/mol. The fourth-order valence-electron chi connectivity index (χ4n) is 3.66. The maximum Gasteiger partial charge on any atom is 0.416 e. The summed E-state index contributed by atoms with van der Waals surface area (Å²) in [6.45, 7) is 1.38. The van der Waals surface area contributed by atoms with Gasteiger partial charge >= 0.3 is 6.18 Å². The van der Waals surface area contributed by atoms with Crippen LogP contribution >= 0.6 is 0 Å². The van der Waals surface area contributed by atoms with E-state index in [0.717, 1.165) is 24.5 Å². The largest absolute Gasteiger partial charge is 0.457 e. The third kappa shape index (κ3) is 7.07. The monoisotopic (exact) mass is 497 g/mol. The van der Waals surface area contributed by atoms with Crippen molar-refractivity contribution in [3.8, 4) is 11.5 Å². The van der Waals surface area contributed by atoms with Crippen molar-refractivity contribution in [3.63, 3.8) is 0 Å². The van der Waals surface area contributed by atoms with Crippen LogP contribution < -0.4 is 15.4 Å². The molecule has 0 spiro atoms. The number of amides is 2. The molecule has 1 aliphatic rings. The van der Waals surface area contributed by atoms with Gasteiger partial charge in [0.05, 0.1) is 5.56 Å². The van der Waals surface area contributed by atoms with E-state index in [1.807, 2.05) is 24.3 Å². The molecule has 0 saturated heterocycles. The molecule has 0 atom stereocenters. The van der Waals surface area contributed by atoms with E-state index < -0.39 is 11.7 Å². The second-order valence-electron chi connectivity index (χ2n) is 8.82. The number of anilines is 2. The average Bonchev–Trinajstić information content (AvgIpc) is 3.67. The Kier molecular flexibility index (Phi) is 7.57. The molecule has 2 aromatic carbocycles. The molecule has 4 rings (SSSR count). The Labute approximate surface area is 206 Å². The number of rotatable bonds is 9. The minimum absolute atomic E-state index is 0.0254. The predicted molar refractivity (Wildman–Crippen MR) is 130 cm³/mol. The van der Waals surface area contributed by atoms with Crippen LogP contribution in [0.15, 0.2) is 60.8 Å². The van der Waals surface area contributed by atoms with Crippen LogP contribution in [-0.4, -0.2) is 16.8 Å². The van der Waals surface area contributed by atoms with Gasteiger partial charge in [0.1, 0.15) is 17.3 Å². The topological polar surface area (TPSA) is 80.3 Å². The number of benzene rings is 2. The van der Waals surface area contributed by atoms with Gasteiger partial charge in [-0.15, -0.1) is 0 Å². The van der Waals surface area contributed by atoms with Gasteiger partial charge in [0.2, 0.25) is 11.8 Å². The molecule has 1 saturated carbocycles. The maximum atomic E-state index is 13.1. The summed E-state index contributed by atoms with van der Waals surface area (Å²) in [4.78, 5) is 28.2. The number of alkyl halides is 3. The van der Waals surface area contributed by atoms with Crippen molar-refractivity contribution >= 4 is 23.3 Å². The first-order valence-corrected chi connectivity index (χ1v) is 11.7. The molecule has 188 valence electrons. The first-order chi connectivity index (χ1) is 17.2. The average molecular weight is 498 g/mol. The first kappa shape index (κ1) is 25.2. The van der Waals surface area contributed by atoms with Crippen LogP contribution in [0.5, 0.6) is 11.5 Å². The van der Waals surface area contributed by atoms with Crippen LogP contribution in [0.2, 0.25) is 0 Å². The lowest BCUT2D eigenvalue weighted by atomic mass is 10.1. The molecule has 0 radical (unpaired) electrons. The number of hydrogen-bond donors (Lipinski definition) is 2. The lowest BCUT2D eigenvalue weighted by Crippen LogP contribution is -2.14. The summed E-state index contributed by atoms with van der Waals surface area (Å²) in [5, 5.41) is 5.33. The summed E-state index contributed by atoms with van der Waals surface area (Å²) < 4.78 is 45.0. The quantitative estimate of drug-likeness (QED) is 0.353. The smallest absolute Gasteiger partial charge is 0.416 e. The highest BCUT2D eigenvalue weighted by Gasteiger charge is 2.32. The van der Waals surface area contributed by atoms with Crippen molar-refractivity contribution in [2.45, 2.75) is 45.2 Å². The van der Waals surface area contributed by atoms with Gasteiger partial charge in [0, 0.05) is 30.3 Å². The highest BCUT2D eigenvalue weighted by Crippen LogP contribution is 2.33. The zero-order valence-electron chi connectivity index (χ0n) is 19.7. The van der Waals surface area contributed by atoms with Gasteiger partial charge in [-0.2, -0.15) is 13.2 Å². The predicted octanol–water partition coefficient (Wildman–Crippen LogP) is 6.51. The van der Waals surface area contributed by atoms with Gasteiger partial charge in [0.25, 0.3) is 0 Å². The number of hydrogen-bond acceptors (Lipinski definition) is 4. The maximum absolute atomic E-state index is 13.1. The molecule has 1 aliphatic carbocycles. The number of aryl methyl sites for hydroxylation is 2. The SMILES string of the molecule is Cc1ccc(NC(=O)CCCc2ccc(Oc3ccnc(NC(=O)C4CC4)c3)cc2)cc1C(F)(F)F. The number of halogens is 3. The van der Waals surface area contributed by atoms with E-state index in [1.54, 1.807) is 18.3 Å². The summed E-state index contributed by atoms with van der Waals surface area (Å²) in [7, 11) is 0. The van der Waals surface area contributed by atoms with Crippen LogP contribution in [0.4, 0.5) is 24.7 Å². The van der Waals surface area contributed by atoms with Crippen molar-refractivity contribution in [3.05, 3.63) is 77.5 Å². The first-order valence-electron chi connectivity index (χ1n) is 11.7. The Morgan fingerprint density at radius 1 is 1.00 bits per heavy atom. The third-order valence-electron chi connectivity index (χ3n) is 5.79. The molecule has 3 aromatic rings. The molecule has 2 N–H and O–H groups in total. The Morgan fingerprint density at radius 3 is 2.44 bits per heavy atom. The molecule has 36 heavy (non-hydrogen) atoms. The molecule has 9 heteroatoms. The number of aromatic nitrogens is 1. The van der Waals surface area contributed by atoms with Gasteiger partial charge in [-0.3, -0.25) is 9.59 Å². The minimum Gasteiger partial charge on any atom is -0.457 e. The normalized spacial score (nSPS) is 13.2. The Hall–Kier alpha value is -3.88. The van der Waals surface area contributed by atoms with Crippen LogP contribution in [0.25, 0.3) is 0 Å². The Balaban J connectivity index is 1.24. The number of carbonyl (C=O) groups excluding carboxylic acids is 2. The second kappa shape index (κ2) is 10.8. The molecule has 1 fully saturated rings. The lowest BCUT2D eigenvalue weighted by Gasteiger charge is -2.13. The molecular formula is C27H26F3N3O3. The zero-order valence-corrected chi connectivity index (χ0v) is 19.7.